The van der Waals surface area contributed by atoms with Gasteiger partial charge in [0.1, 0.15) is 0 Å². The van der Waals surface area contributed by atoms with E-state index in [1.54, 1.807) is 11.8 Å². The number of rotatable bonds is 10. The Labute approximate surface area is 285 Å². The van der Waals surface area contributed by atoms with Crippen molar-refractivity contribution in [1.29, 1.82) is 0 Å². The van der Waals surface area contributed by atoms with Crippen LogP contribution in [0.15, 0.2) is 30.3 Å². The number of ether oxygens (including phenoxy) is 2. The number of halogens is 11. The van der Waals surface area contributed by atoms with Gasteiger partial charge < -0.3 is 24.4 Å². The third kappa shape index (κ3) is 8.58. The van der Waals surface area contributed by atoms with Crippen LogP contribution in [-0.2, 0) is 32.5 Å². The third-order valence-electron chi connectivity index (χ3n) is 8.55. The molecule has 2 aliphatic rings. The summed E-state index contributed by atoms with van der Waals surface area (Å²) in [6, 6.07) is 3.15. The van der Waals surface area contributed by atoms with Gasteiger partial charge in [0, 0.05) is 44.5 Å². The Morgan fingerprint density at radius 3 is 1.84 bits per heavy atom. The van der Waals surface area contributed by atoms with Crippen LogP contribution in [0.2, 0.25) is 0 Å². The zero-order chi connectivity index (χ0) is 35.9. The minimum Gasteiger partial charge on any atom is -0.421 e. The molecule has 0 spiro atoms. The summed E-state index contributed by atoms with van der Waals surface area (Å²) in [4.78, 5) is 3.94. The summed E-state index contributed by atoms with van der Waals surface area (Å²) in [6.07, 6.45) is -17.4. The van der Waals surface area contributed by atoms with Crippen molar-refractivity contribution in [2.24, 2.45) is 18.9 Å². The van der Waals surface area contributed by atoms with Crippen LogP contribution < -0.4 is 19.3 Å². The maximum Gasteiger partial charge on any atom is 0.507 e. The Morgan fingerprint density at radius 1 is 0.820 bits per heavy atom. The first kappa shape index (κ1) is 39.1. The number of benzene rings is 2. The standard InChI is InChI=1S/C30H32F10N6O3.ClH/c1-3-45(13-17-4-6-18(16-47)7-5-17)23-12-25-24(48-29(37,38)30(39,40)49-25)10-20(23)15-46(26-41-43-44(2)42-26)14-19-8-21(27(31,32)33)11-22(9-19)28(34,35)36;/h8-12,17-18,47H,3-7,13-16H2,1-2H3;1H/t17-,18-;. The van der Waals surface area contributed by atoms with Gasteiger partial charge in [-0.3, -0.25) is 0 Å². The topological polar surface area (TPSA) is 88.8 Å². The molecule has 1 aliphatic carbocycles. The highest BCUT2D eigenvalue weighted by molar-refractivity contribution is 5.85. The highest BCUT2D eigenvalue weighted by Gasteiger charge is 2.66. The Morgan fingerprint density at radius 2 is 1.36 bits per heavy atom. The molecule has 9 nitrogen and oxygen atoms in total. The highest BCUT2D eigenvalue weighted by atomic mass is 35.5. The molecule has 0 atom stereocenters. The largest absolute Gasteiger partial charge is 0.507 e. The van der Waals surface area contributed by atoms with Crippen LogP contribution in [-0.4, -0.2) is 57.2 Å². The first-order chi connectivity index (χ1) is 22.8. The maximum absolute atomic E-state index is 14.2. The Bertz CT molecular complexity index is 1600. The predicted octanol–water partition coefficient (Wildman–Crippen LogP) is 7.46. The lowest BCUT2D eigenvalue weighted by Crippen LogP contribution is -2.52. The Kier molecular flexibility index (Phi) is 11.3. The van der Waals surface area contributed by atoms with Crippen LogP contribution in [0, 0.1) is 11.8 Å². The number of aliphatic hydroxyl groups excluding tert-OH is 1. The molecule has 2 aromatic carbocycles. The van der Waals surface area contributed by atoms with Gasteiger partial charge in [-0.05, 0) is 85.0 Å². The van der Waals surface area contributed by atoms with E-state index in [0.717, 1.165) is 42.6 Å². The number of nitrogens with zero attached hydrogens (tertiary/aromatic N) is 6. The van der Waals surface area contributed by atoms with Gasteiger partial charge >= 0.3 is 24.6 Å². The van der Waals surface area contributed by atoms with Crippen LogP contribution in [0.1, 0.15) is 54.9 Å². The maximum atomic E-state index is 14.2. The van der Waals surface area contributed by atoms with E-state index in [1.807, 2.05) is 0 Å². The second-order valence-electron chi connectivity index (χ2n) is 12.1. The van der Waals surface area contributed by atoms with Crippen molar-refractivity contribution in [1.82, 2.24) is 20.2 Å². The number of anilines is 2. The smallest absolute Gasteiger partial charge is 0.421 e. The van der Waals surface area contributed by atoms with E-state index in [2.05, 4.69) is 24.9 Å². The lowest BCUT2D eigenvalue weighted by Gasteiger charge is -2.36. The van der Waals surface area contributed by atoms with Crippen molar-refractivity contribution < 1.29 is 58.5 Å². The number of tetrazole rings is 1. The summed E-state index contributed by atoms with van der Waals surface area (Å²) >= 11 is 0. The van der Waals surface area contributed by atoms with Crippen LogP contribution in [0.4, 0.5) is 55.5 Å². The molecule has 1 aromatic heterocycles. The molecular weight excluding hydrogens is 718 g/mol. The van der Waals surface area contributed by atoms with E-state index < -0.39 is 65.8 Å². The van der Waals surface area contributed by atoms with Gasteiger partial charge in [-0.25, -0.2) is 0 Å². The van der Waals surface area contributed by atoms with E-state index >= 15 is 0 Å². The van der Waals surface area contributed by atoms with Gasteiger partial charge in [0.05, 0.1) is 18.2 Å². The highest BCUT2D eigenvalue weighted by Crippen LogP contribution is 2.49. The molecular formula is C30H33ClF10N6O3. The number of aliphatic hydroxyl groups is 1. The summed E-state index contributed by atoms with van der Waals surface area (Å²) in [7, 11) is 1.36. The van der Waals surface area contributed by atoms with Gasteiger partial charge in [0.25, 0.3) is 5.95 Å². The van der Waals surface area contributed by atoms with E-state index in [9.17, 15) is 49.0 Å². The average Bonchev–Trinajstić information content (AvgIpc) is 3.45. The average molecular weight is 751 g/mol. The van der Waals surface area contributed by atoms with Crippen molar-refractivity contribution in [2.75, 3.05) is 29.5 Å². The third-order valence-corrected chi connectivity index (χ3v) is 8.55. The number of hydrogen-bond donors (Lipinski definition) is 1. The molecule has 0 radical (unpaired) electrons. The molecule has 3 aromatic rings. The van der Waals surface area contributed by atoms with E-state index in [4.69, 9.17) is 0 Å². The fraction of sp³-hybridized carbons (Fsp3) is 0.567. The summed E-state index contributed by atoms with van der Waals surface area (Å²) < 4.78 is 148. The van der Waals surface area contributed by atoms with Crippen molar-refractivity contribution >= 4 is 24.0 Å². The zero-order valence-electron chi connectivity index (χ0n) is 26.5. The fourth-order valence-corrected chi connectivity index (χ4v) is 6.01. The molecule has 0 unspecified atom stereocenters. The second-order valence-corrected chi connectivity index (χ2v) is 12.1. The monoisotopic (exact) mass is 750 g/mol. The first-order valence-corrected chi connectivity index (χ1v) is 15.2. The molecule has 1 saturated carbocycles. The number of fused-ring (bicyclic) bond motifs is 1. The SMILES string of the molecule is CCN(C[C@H]1CC[C@H](CO)CC1)c1cc2c(cc1CN(Cc1cc(C(F)(F)F)cc(C(F)(F)F)c1)c1nnn(C)n1)OC(F)(F)C(F)(F)O2.Cl. The molecule has 1 N–H and O–H groups in total. The summed E-state index contributed by atoms with van der Waals surface area (Å²) in [5.74, 6) is -1.47. The van der Waals surface area contributed by atoms with Gasteiger partial charge in [-0.2, -0.15) is 48.7 Å². The summed E-state index contributed by atoms with van der Waals surface area (Å²) in [5.41, 5.74) is -3.22. The predicted molar refractivity (Wildman–Crippen MR) is 160 cm³/mol. The Hall–Kier alpha value is -3.74. The van der Waals surface area contributed by atoms with Gasteiger partial charge in [0.15, 0.2) is 11.5 Å². The van der Waals surface area contributed by atoms with Gasteiger partial charge in [-0.1, -0.05) is 5.10 Å². The molecule has 1 fully saturated rings. The normalized spacial score (nSPS) is 19.9. The van der Waals surface area contributed by atoms with Gasteiger partial charge in [-0.15, -0.1) is 17.5 Å². The summed E-state index contributed by atoms with van der Waals surface area (Å²) in [5, 5.41) is 21.1. The molecule has 20 heteroatoms. The van der Waals surface area contributed by atoms with Crippen LogP contribution >= 0.6 is 12.4 Å². The van der Waals surface area contributed by atoms with Crippen molar-refractivity contribution in [3.63, 3.8) is 0 Å². The molecule has 1 aliphatic heterocycles. The second kappa shape index (κ2) is 14.5. The molecule has 0 bridgehead atoms. The minimum absolute atomic E-state index is 0. The minimum atomic E-state index is -5.13. The summed E-state index contributed by atoms with van der Waals surface area (Å²) in [6.45, 7) is 1.39. The van der Waals surface area contributed by atoms with E-state index in [0.29, 0.717) is 18.7 Å². The number of alkyl halides is 10. The van der Waals surface area contributed by atoms with Crippen LogP contribution in [0.3, 0.4) is 0 Å². The first-order valence-electron chi connectivity index (χ1n) is 15.2. The molecule has 278 valence electrons. The van der Waals surface area contributed by atoms with Crippen molar-refractivity contribution in [3.8, 4) is 11.5 Å². The van der Waals surface area contributed by atoms with Crippen LogP contribution in [0.5, 0.6) is 11.5 Å². The Balaban J connectivity index is 0.00000562. The molecule has 0 amide bonds. The van der Waals surface area contributed by atoms with Crippen LogP contribution in [0.25, 0.3) is 0 Å². The van der Waals surface area contributed by atoms with Crippen molar-refractivity contribution in [3.05, 3.63) is 52.6 Å². The quantitative estimate of drug-likeness (QED) is 0.214. The lowest BCUT2D eigenvalue weighted by atomic mass is 9.82. The number of aromatic nitrogens is 4. The van der Waals surface area contributed by atoms with Gasteiger partial charge in [0.2, 0.25) is 0 Å². The molecule has 2 heterocycles. The number of aryl methyl sites for hydroxylation is 1. The molecule has 50 heavy (non-hydrogen) atoms. The number of hydrogen-bond acceptors (Lipinski definition) is 8. The fourth-order valence-electron chi connectivity index (χ4n) is 6.01. The molecule has 0 saturated heterocycles. The molecule has 5 rings (SSSR count). The lowest BCUT2D eigenvalue weighted by molar-refractivity contribution is -0.391. The van der Waals surface area contributed by atoms with E-state index in [1.165, 1.54) is 11.9 Å². The van der Waals surface area contributed by atoms with E-state index in [-0.39, 0.29) is 60.7 Å². The zero-order valence-corrected chi connectivity index (χ0v) is 27.4. The van der Waals surface area contributed by atoms with Crippen molar-refractivity contribution in [2.45, 2.75) is 70.3 Å².